The molecular weight excluding hydrogens is 581 g/mol. The highest BCUT2D eigenvalue weighted by atomic mass is 35.5. The van der Waals surface area contributed by atoms with E-state index < -0.39 is 34.4 Å². The number of hydrogen-bond acceptors (Lipinski definition) is 4. The van der Waals surface area contributed by atoms with Crippen molar-refractivity contribution in [1.29, 1.82) is 0 Å². The van der Waals surface area contributed by atoms with Gasteiger partial charge in [0.1, 0.15) is 12.6 Å². The number of hydrogen-bond donors (Lipinski definition) is 1. The fourth-order valence-corrected chi connectivity index (χ4v) is 6.22. The van der Waals surface area contributed by atoms with Crippen LogP contribution in [0.4, 0.5) is 5.69 Å². The van der Waals surface area contributed by atoms with Crippen molar-refractivity contribution in [3.8, 4) is 0 Å². The summed E-state index contributed by atoms with van der Waals surface area (Å²) in [6.45, 7) is -0.595. The highest BCUT2D eigenvalue weighted by molar-refractivity contribution is 7.92. The molecule has 0 aliphatic carbocycles. The first kappa shape index (κ1) is 30.1. The van der Waals surface area contributed by atoms with Crippen LogP contribution < -0.4 is 9.62 Å². The van der Waals surface area contributed by atoms with E-state index >= 15 is 0 Å². The van der Waals surface area contributed by atoms with E-state index in [0.29, 0.717) is 15.6 Å². The Morgan fingerprint density at radius 3 is 2.10 bits per heavy atom. The maximum Gasteiger partial charge on any atom is 0.264 e. The Morgan fingerprint density at radius 1 is 0.829 bits per heavy atom. The van der Waals surface area contributed by atoms with Crippen LogP contribution in [-0.2, 0) is 32.6 Å². The number of amides is 2. The first-order chi connectivity index (χ1) is 19.7. The molecule has 4 aromatic carbocycles. The van der Waals surface area contributed by atoms with Crippen LogP contribution in [0.3, 0.4) is 0 Å². The molecule has 0 fully saturated rings. The lowest BCUT2D eigenvalue weighted by atomic mass is 10.0. The molecule has 0 saturated carbocycles. The summed E-state index contributed by atoms with van der Waals surface area (Å²) in [7, 11) is -2.69. The first-order valence-electron chi connectivity index (χ1n) is 12.8. The van der Waals surface area contributed by atoms with E-state index in [4.69, 9.17) is 23.2 Å². The van der Waals surface area contributed by atoms with Crippen LogP contribution in [0.5, 0.6) is 0 Å². The second-order valence-electron chi connectivity index (χ2n) is 9.24. The number of sulfonamides is 1. The number of halogens is 2. The highest BCUT2D eigenvalue weighted by Crippen LogP contribution is 2.27. The number of rotatable bonds is 11. The van der Waals surface area contributed by atoms with Gasteiger partial charge in [0, 0.05) is 30.1 Å². The van der Waals surface area contributed by atoms with E-state index in [9.17, 15) is 18.0 Å². The molecular formula is C31H29Cl2N3O4S. The molecule has 4 aromatic rings. The summed E-state index contributed by atoms with van der Waals surface area (Å²) >= 11 is 12.7. The average molecular weight is 611 g/mol. The predicted molar refractivity (Wildman–Crippen MR) is 162 cm³/mol. The Hall–Kier alpha value is -3.85. The Bertz CT molecular complexity index is 1600. The van der Waals surface area contributed by atoms with Crippen LogP contribution in [0.2, 0.25) is 10.0 Å². The van der Waals surface area contributed by atoms with E-state index in [1.54, 1.807) is 60.7 Å². The molecule has 0 bridgehead atoms. The van der Waals surface area contributed by atoms with Crippen LogP contribution >= 0.6 is 23.2 Å². The molecule has 0 radical (unpaired) electrons. The third-order valence-electron chi connectivity index (χ3n) is 6.52. The summed E-state index contributed by atoms with van der Waals surface area (Å²) in [5.41, 5.74) is 1.67. The van der Waals surface area contributed by atoms with Crippen molar-refractivity contribution in [2.24, 2.45) is 0 Å². The molecule has 41 heavy (non-hydrogen) atoms. The Balaban J connectivity index is 1.79. The van der Waals surface area contributed by atoms with E-state index in [1.165, 1.54) is 30.1 Å². The van der Waals surface area contributed by atoms with Gasteiger partial charge < -0.3 is 10.2 Å². The van der Waals surface area contributed by atoms with Gasteiger partial charge in [-0.2, -0.15) is 0 Å². The molecule has 0 aromatic heterocycles. The summed E-state index contributed by atoms with van der Waals surface area (Å²) < 4.78 is 28.8. The van der Waals surface area contributed by atoms with Crippen molar-refractivity contribution >= 4 is 50.7 Å². The number of benzene rings is 4. The Morgan fingerprint density at radius 2 is 1.46 bits per heavy atom. The molecule has 0 aliphatic heterocycles. The zero-order valence-electron chi connectivity index (χ0n) is 22.3. The van der Waals surface area contributed by atoms with Crippen molar-refractivity contribution in [3.63, 3.8) is 0 Å². The molecule has 0 aliphatic rings. The molecule has 0 unspecified atom stereocenters. The van der Waals surface area contributed by atoms with E-state index in [-0.39, 0.29) is 23.5 Å². The van der Waals surface area contributed by atoms with Crippen LogP contribution in [0, 0.1) is 0 Å². The summed E-state index contributed by atoms with van der Waals surface area (Å²) in [5.74, 6) is -0.983. The summed E-state index contributed by atoms with van der Waals surface area (Å²) in [6, 6.07) is 29.5. The fourth-order valence-electron chi connectivity index (χ4n) is 4.41. The van der Waals surface area contributed by atoms with Crippen molar-refractivity contribution in [2.45, 2.75) is 23.9 Å². The molecule has 7 nitrogen and oxygen atoms in total. The lowest BCUT2D eigenvalue weighted by Crippen LogP contribution is -2.53. The molecule has 2 amide bonds. The monoisotopic (exact) mass is 609 g/mol. The van der Waals surface area contributed by atoms with Crippen LogP contribution in [0.1, 0.15) is 11.1 Å². The van der Waals surface area contributed by atoms with Crippen LogP contribution in [0.25, 0.3) is 0 Å². The van der Waals surface area contributed by atoms with Crippen molar-refractivity contribution in [3.05, 3.63) is 130 Å². The number of carbonyl (C=O) groups excluding carboxylic acids is 2. The van der Waals surface area contributed by atoms with Gasteiger partial charge >= 0.3 is 0 Å². The fraction of sp³-hybridized carbons (Fsp3) is 0.161. The summed E-state index contributed by atoms with van der Waals surface area (Å²) in [5, 5.41) is 3.38. The largest absolute Gasteiger partial charge is 0.357 e. The lowest BCUT2D eigenvalue weighted by molar-refractivity contribution is -0.139. The molecule has 0 heterocycles. The smallest absolute Gasteiger partial charge is 0.264 e. The van der Waals surface area contributed by atoms with Crippen LogP contribution in [0.15, 0.2) is 114 Å². The Kier molecular flexibility index (Phi) is 10.0. The summed E-state index contributed by atoms with van der Waals surface area (Å²) in [4.78, 5) is 28.9. The van der Waals surface area contributed by atoms with Gasteiger partial charge in [-0.25, -0.2) is 8.42 Å². The van der Waals surface area contributed by atoms with Gasteiger partial charge in [0.05, 0.1) is 10.6 Å². The maximum absolute atomic E-state index is 14.2. The minimum absolute atomic E-state index is 0.0116. The minimum Gasteiger partial charge on any atom is -0.357 e. The van der Waals surface area contributed by atoms with Crippen LogP contribution in [-0.4, -0.2) is 44.8 Å². The molecule has 0 spiro atoms. The standard InChI is InChI=1S/C31H29Cl2N3O4S/c1-34-31(38)29(19-23-11-4-2-5-12-23)35(21-24-13-8-9-18-28(24)33)30(37)22-36(26-15-10-14-25(32)20-26)41(39,40)27-16-6-3-7-17-27/h2-18,20,29H,19,21-22H2,1H3,(H,34,38)/t29-/m1/s1. The third kappa shape index (κ3) is 7.47. The number of nitrogens with zero attached hydrogens (tertiary/aromatic N) is 2. The summed E-state index contributed by atoms with van der Waals surface area (Å²) in [6.07, 6.45) is 0.208. The predicted octanol–water partition coefficient (Wildman–Crippen LogP) is 5.57. The molecule has 1 atom stereocenters. The Labute approximate surface area is 250 Å². The third-order valence-corrected chi connectivity index (χ3v) is 8.91. The van der Waals surface area contributed by atoms with Crippen molar-refractivity contribution < 1.29 is 18.0 Å². The number of carbonyl (C=O) groups is 2. The molecule has 212 valence electrons. The van der Waals surface area contributed by atoms with Gasteiger partial charge in [-0.1, -0.05) is 96.0 Å². The van der Waals surface area contributed by atoms with Gasteiger partial charge in [-0.05, 0) is 47.5 Å². The highest BCUT2D eigenvalue weighted by Gasteiger charge is 2.34. The van der Waals surface area contributed by atoms with Gasteiger partial charge in [-0.15, -0.1) is 0 Å². The quantitative estimate of drug-likeness (QED) is 0.241. The first-order valence-corrected chi connectivity index (χ1v) is 15.0. The molecule has 4 rings (SSSR count). The second kappa shape index (κ2) is 13.7. The zero-order valence-corrected chi connectivity index (χ0v) is 24.6. The lowest BCUT2D eigenvalue weighted by Gasteiger charge is -2.33. The van der Waals surface area contributed by atoms with E-state index in [2.05, 4.69) is 5.32 Å². The molecule has 0 saturated heterocycles. The van der Waals surface area contributed by atoms with E-state index in [1.807, 2.05) is 30.3 Å². The van der Waals surface area contributed by atoms with Gasteiger partial charge in [0.25, 0.3) is 10.0 Å². The number of likely N-dealkylation sites (N-methyl/N-ethyl adjacent to an activating group) is 1. The van der Waals surface area contributed by atoms with Gasteiger partial charge in [0.15, 0.2) is 0 Å². The average Bonchev–Trinajstić information content (AvgIpc) is 2.99. The van der Waals surface area contributed by atoms with E-state index in [0.717, 1.165) is 9.87 Å². The molecule has 1 N–H and O–H groups in total. The normalized spacial score (nSPS) is 11.9. The van der Waals surface area contributed by atoms with Gasteiger partial charge in [0.2, 0.25) is 11.8 Å². The molecule has 10 heteroatoms. The van der Waals surface area contributed by atoms with Crippen molar-refractivity contribution in [1.82, 2.24) is 10.2 Å². The second-order valence-corrected chi connectivity index (χ2v) is 11.9. The van der Waals surface area contributed by atoms with Gasteiger partial charge in [-0.3, -0.25) is 13.9 Å². The maximum atomic E-state index is 14.2. The minimum atomic E-state index is -4.19. The number of nitrogens with one attached hydrogen (secondary N) is 1. The van der Waals surface area contributed by atoms with Crippen molar-refractivity contribution in [2.75, 3.05) is 17.9 Å². The zero-order chi connectivity index (χ0) is 29.4. The SMILES string of the molecule is CNC(=O)[C@@H](Cc1ccccc1)N(Cc1ccccc1Cl)C(=O)CN(c1cccc(Cl)c1)S(=O)(=O)c1ccccc1. The number of anilines is 1. The topological polar surface area (TPSA) is 86.8 Å².